The maximum absolute atomic E-state index is 11.2. The Kier molecular flexibility index (Phi) is 3.88. The van der Waals surface area contributed by atoms with E-state index in [1.807, 2.05) is 18.2 Å². The number of ether oxygens (including phenoxy) is 1. The SMILES string of the molecule is COc1cccc([C@@H]2Nc3c(Cl)cc([N+](=O)[O-])cc3[C@H]3C=CC[C@H]32)c1. The predicted octanol–water partition coefficient (Wildman–Crippen LogP) is 5.08. The van der Waals surface area contributed by atoms with Crippen molar-refractivity contribution in [1.29, 1.82) is 0 Å². The fourth-order valence-electron chi connectivity index (χ4n) is 3.91. The van der Waals surface area contributed by atoms with E-state index in [1.165, 1.54) is 6.07 Å². The molecule has 0 amide bonds. The molecule has 1 heterocycles. The largest absolute Gasteiger partial charge is 0.497 e. The molecular weight excluding hydrogens is 340 g/mol. The van der Waals surface area contributed by atoms with Crippen LogP contribution in [0.15, 0.2) is 48.6 Å². The van der Waals surface area contributed by atoms with Crippen LogP contribution >= 0.6 is 11.6 Å². The summed E-state index contributed by atoms with van der Waals surface area (Å²) in [5, 5.41) is 15.1. The van der Waals surface area contributed by atoms with Gasteiger partial charge in [-0.05, 0) is 35.6 Å². The number of nitrogens with zero attached hydrogens (tertiary/aromatic N) is 1. The van der Waals surface area contributed by atoms with Crippen LogP contribution in [-0.2, 0) is 0 Å². The summed E-state index contributed by atoms with van der Waals surface area (Å²) in [4.78, 5) is 10.8. The lowest BCUT2D eigenvalue weighted by Gasteiger charge is -2.37. The molecule has 1 aliphatic carbocycles. The van der Waals surface area contributed by atoms with Crippen LogP contribution in [0, 0.1) is 16.0 Å². The molecule has 128 valence electrons. The summed E-state index contributed by atoms with van der Waals surface area (Å²) in [6, 6.07) is 11.1. The molecule has 0 fully saturated rings. The van der Waals surface area contributed by atoms with E-state index in [0.717, 1.165) is 29.0 Å². The topological polar surface area (TPSA) is 64.4 Å². The Bertz CT molecular complexity index is 881. The van der Waals surface area contributed by atoms with Gasteiger partial charge in [0.25, 0.3) is 5.69 Å². The van der Waals surface area contributed by atoms with Crippen molar-refractivity contribution in [3.05, 3.63) is 74.8 Å². The molecule has 1 aliphatic heterocycles. The number of halogens is 1. The van der Waals surface area contributed by atoms with E-state index in [1.54, 1.807) is 13.2 Å². The number of fused-ring (bicyclic) bond motifs is 3. The van der Waals surface area contributed by atoms with Gasteiger partial charge in [-0.1, -0.05) is 35.9 Å². The maximum atomic E-state index is 11.2. The van der Waals surface area contributed by atoms with Crippen LogP contribution in [0.2, 0.25) is 5.02 Å². The van der Waals surface area contributed by atoms with Gasteiger partial charge in [-0.25, -0.2) is 0 Å². The van der Waals surface area contributed by atoms with Gasteiger partial charge >= 0.3 is 0 Å². The molecule has 0 bridgehead atoms. The van der Waals surface area contributed by atoms with Crippen molar-refractivity contribution in [3.8, 4) is 5.75 Å². The summed E-state index contributed by atoms with van der Waals surface area (Å²) in [5.41, 5.74) is 2.84. The first kappa shape index (κ1) is 16.0. The van der Waals surface area contributed by atoms with Crippen LogP contribution in [0.3, 0.4) is 0 Å². The quantitative estimate of drug-likeness (QED) is 0.473. The molecule has 0 aromatic heterocycles. The summed E-state index contributed by atoms with van der Waals surface area (Å²) in [5.74, 6) is 1.21. The van der Waals surface area contributed by atoms with Crippen LogP contribution in [-0.4, -0.2) is 12.0 Å². The van der Waals surface area contributed by atoms with Crippen molar-refractivity contribution in [1.82, 2.24) is 0 Å². The highest BCUT2D eigenvalue weighted by atomic mass is 35.5. The minimum Gasteiger partial charge on any atom is -0.497 e. The molecule has 0 spiro atoms. The Morgan fingerprint density at radius 3 is 2.92 bits per heavy atom. The number of nitro benzene ring substituents is 1. The Balaban J connectivity index is 1.81. The zero-order valence-corrected chi connectivity index (χ0v) is 14.4. The molecule has 2 aromatic rings. The lowest BCUT2D eigenvalue weighted by atomic mass is 9.77. The number of non-ortho nitro benzene ring substituents is 1. The van der Waals surface area contributed by atoms with Gasteiger partial charge in [0.1, 0.15) is 5.75 Å². The second-order valence-corrected chi connectivity index (χ2v) is 6.81. The Hall–Kier alpha value is -2.53. The molecule has 25 heavy (non-hydrogen) atoms. The average molecular weight is 357 g/mol. The van der Waals surface area contributed by atoms with Gasteiger partial charge in [-0.3, -0.25) is 10.1 Å². The number of anilines is 1. The molecular formula is C19H17ClN2O3. The van der Waals surface area contributed by atoms with Crippen molar-refractivity contribution >= 4 is 23.0 Å². The van der Waals surface area contributed by atoms with Gasteiger partial charge in [-0.2, -0.15) is 0 Å². The number of methoxy groups -OCH3 is 1. The van der Waals surface area contributed by atoms with Crippen LogP contribution < -0.4 is 10.1 Å². The van der Waals surface area contributed by atoms with E-state index in [2.05, 4.69) is 23.5 Å². The first-order chi connectivity index (χ1) is 12.1. The molecule has 2 aromatic carbocycles. The van der Waals surface area contributed by atoms with Gasteiger partial charge in [0.15, 0.2) is 0 Å². The normalized spacial score (nSPS) is 23.5. The summed E-state index contributed by atoms with van der Waals surface area (Å²) >= 11 is 6.38. The summed E-state index contributed by atoms with van der Waals surface area (Å²) in [6.45, 7) is 0. The smallest absolute Gasteiger partial charge is 0.271 e. The predicted molar refractivity (Wildman–Crippen MR) is 97.5 cm³/mol. The lowest BCUT2D eigenvalue weighted by molar-refractivity contribution is -0.384. The standard InChI is InChI=1S/C19H17ClN2O3/c1-25-13-5-2-4-11(8-13)18-15-7-3-6-14(15)16-9-12(22(23)24)10-17(20)19(16)21-18/h2-6,8-10,14-15,18,21H,7H2,1H3/t14-,15+,18-/m0/s1. The summed E-state index contributed by atoms with van der Waals surface area (Å²) < 4.78 is 5.35. The minimum atomic E-state index is -0.395. The molecule has 2 aliphatic rings. The zero-order chi connectivity index (χ0) is 17.6. The van der Waals surface area contributed by atoms with Crippen molar-refractivity contribution in [2.45, 2.75) is 18.4 Å². The highest BCUT2D eigenvalue weighted by molar-refractivity contribution is 6.33. The third-order valence-corrected chi connectivity index (χ3v) is 5.37. The second-order valence-electron chi connectivity index (χ2n) is 6.40. The van der Waals surface area contributed by atoms with E-state index in [9.17, 15) is 10.1 Å². The highest BCUT2D eigenvalue weighted by Crippen LogP contribution is 2.52. The van der Waals surface area contributed by atoms with Crippen LogP contribution in [0.4, 0.5) is 11.4 Å². The number of nitrogens with one attached hydrogen (secondary N) is 1. The number of nitro groups is 1. The van der Waals surface area contributed by atoms with Crippen LogP contribution in [0.5, 0.6) is 5.75 Å². The van der Waals surface area contributed by atoms with Crippen molar-refractivity contribution in [2.24, 2.45) is 5.92 Å². The number of rotatable bonds is 3. The number of hydrogen-bond donors (Lipinski definition) is 1. The molecule has 3 atom stereocenters. The third-order valence-electron chi connectivity index (χ3n) is 5.07. The molecule has 0 saturated carbocycles. The van der Waals surface area contributed by atoms with E-state index < -0.39 is 4.92 Å². The number of benzene rings is 2. The molecule has 1 N–H and O–H groups in total. The van der Waals surface area contributed by atoms with Gasteiger partial charge in [0, 0.05) is 18.1 Å². The maximum Gasteiger partial charge on any atom is 0.271 e. The summed E-state index contributed by atoms with van der Waals surface area (Å²) in [7, 11) is 1.65. The molecule has 5 nitrogen and oxygen atoms in total. The fraction of sp³-hybridized carbons (Fsp3) is 0.263. The van der Waals surface area contributed by atoms with E-state index in [-0.39, 0.29) is 23.6 Å². The molecule has 4 rings (SSSR count). The van der Waals surface area contributed by atoms with E-state index >= 15 is 0 Å². The van der Waals surface area contributed by atoms with Gasteiger partial charge in [0.05, 0.1) is 28.8 Å². The molecule has 0 unspecified atom stereocenters. The first-order valence-electron chi connectivity index (χ1n) is 8.13. The number of allylic oxidation sites excluding steroid dienone is 2. The first-order valence-corrected chi connectivity index (χ1v) is 8.51. The molecule has 6 heteroatoms. The number of hydrogen-bond acceptors (Lipinski definition) is 4. The van der Waals surface area contributed by atoms with Crippen molar-refractivity contribution in [2.75, 3.05) is 12.4 Å². The Labute approximate surface area is 150 Å². The molecule has 0 saturated heterocycles. The van der Waals surface area contributed by atoms with E-state index in [4.69, 9.17) is 16.3 Å². The van der Waals surface area contributed by atoms with Crippen LogP contribution in [0.1, 0.15) is 29.5 Å². The second kappa shape index (κ2) is 6.08. The van der Waals surface area contributed by atoms with Gasteiger partial charge in [-0.15, -0.1) is 0 Å². The van der Waals surface area contributed by atoms with E-state index in [0.29, 0.717) is 5.02 Å². The Morgan fingerprint density at radius 2 is 2.16 bits per heavy atom. The Morgan fingerprint density at radius 1 is 1.32 bits per heavy atom. The minimum absolute atomic E-state index is 0.0319. The van der Waals surface area contributed by atoms with Crippen LogP contribution in [0.25, 0.3) is 0 Å². The highest BCUT2D eigenvalue weighted by Gasteiger charge is 2.39. The summed E-state index contributed by atoms with van der Waals surface area (Å²) in [6.07, 6.45) is 5.20. The lowest BCUT2D eigenvalue weighted by Crippen LogP contribution is -2.29. The van der Waals surface area contributed by atoms with Crippen molar-refractivity contribution < 1.29 is 9.66 Å². The fourth-order valence-corrected chi connectivity index (χ4v) is 4.19. The van der Waals surface area contributed by atoms with Crippen molar-refractivity contribution in [3.63, 3.8) is 0 Å². The third kappa shape index (κ3) is 2.65. The van der Waals surface area contributed by atoms with Gasteiger partial charge < -0.3 is 10.1 Å². The van der Waals surface area contributed by atoms with Gasteiger partial charge in [0.2, 0.25) is 0 Å². The molecule has 0 radical (unpaired) electrons. The monoisotopic (exact) mass is 356 g/mol. The zero-order valence-electron chi connectivity index (χ0n) is 13.6. The average Bonchev–Trinajstić information content (AvgIpc) is 3.11.